The second-order valence-electron chi connectivity index (χ2n) is 6.37. The van der Waals surface area contributed by atoms with Crippen LogP contribution in [0.2, 0.25) is 0 Å². The Morgan fingerprint density at radius 1 is 1.34 bits per heavy atom. The lowest BCUT2D eigenvalue weighted by molar-refractivity contribution is 0.0531. The maximum atomic E-state index is 12.2. The van der Waals surface area contributed by atoms with Gasteiger partial charge in [-0.25, -0.2) is 19.3 Å². The summed E-state index contributed by atoms with van der Waals surface area (Å²) in [6.07, 6.45) is 5.18. The van der Waals surface area contributed by atoms with Crippen molar-refractivity contribution in [3.05, 3.63) is 53.1 Å². The maximum absolute atomic E-state index is 12.2. The van der Waals surface area contributed by atoms with Gasteiger partial charge in [0.05, 0.1) is 18.5 Å². The van der Waals surface area contributed by atoms with Crippen LogP contribution in [0, 0.1) is 6.92 Å². The fourth-order valence-corrected chi connectivity index (χ4v) is 4.20. The van der Waals surface area contributed by atoms with E-state index in [9.17, 15) is 4.79 Å². The third kappa shape index (κ3) is 2.97. The van der Waals surface area contributed by atoms with Gasteiger partial charge in [0, 0.05) is 12.4 Å². The molecule has 10 heteroatoms. The quantitative estimate of drug-likeness (QED) is 0.411. The first-order valence-corrected chi connectivity index (χ1v) is 9.83. The predicted molar refractivity (Wildman–Crippen MR) is 106 cm³/mol. The van der Waals surface area contributed by atoms with Crippen LogP contribution in [-0.4, -0.2) is 41.9 Å². The number of carbonyl (C=O) groups excluding carboxylic acids is 1. The number of thiophene rings is 1. The highest BCUT2D eigenvalue weighted by Gasteiger charge is 2.21. The number of hydrogen-bond donors (Lipinski definition) is 0. The van der Waals surface area contributed by atoms with Crippen molar-refractivity contribution in [2.75, 3.05) is 6.61 Å². The Labute approximate surface area is 168 Å². The molecule has 0 saturated carbocycles. The van der Waals surface area contributed by atoms with Crippen molar-refractivity contribution >= 4 is 33.2 Å². The summed E-state index contributed by atoms with van der Waals surface area (Å²) in [5.74, 6) is 1.42. The minimum Gasteiger partial charge on any atom is -0.462 e. The van der Waals surface area contributed by atoms with E-state index >= 15 is 0 Å². The second kappa shape index (κ2) is 6.82. The Bertz CT molecular complexity index is 1330. The number of fused-ring (bicyclic) bond motifs is 3. The van der Waals surface area contributed by atoms with E-state index in [1.54, 1.807) is 28.6 Å². The largest absolute Gasteiger partial charge is 0.462 e. The normalized spacial score (nSPS) is 11.5. The van der Waals surface area contributed by atoms with Gasteiger partial charge in [-0.05, 0) is 37.6 Å². The number of nitrogens with zero attached hydrogens (tertiary/aromatic N) is 6. The van der Waals surface area contributed by atoms with E-state index in [1.807, 2.05) is 31.3 Å². The number of carbonyl (C=O) groups is 1. The van der Waals surface area contributed by atoms with Crippen molar-refractivity contribution in [2.24, 2.45) is 0 Å². The van der Waals surface area contributed by atoms with E-state index < -0.39 is 0 Å². The van der Waals surface area contributed by atoms with Crippen molar-refractivity contribution < 1.29 is 13.9 Å². The summed E-state index contributed by atoms with van der Waals surface area (Å²) in [5, 5.41) is 9.46. The molecule has 0 unspecified atom stereocenters. The van der Waals surface area contributed by atoms with Gasteiger partial charge in [0.25, 0.3) is 0 Å². The molecule has 0 atom stereocenters. The molecular formula is C19H16N6O3S. The second-order valence-corrected chi connectivity index (χ2v) is 7.37. The van der Waals surface area contributed by atoms with Crippen LogP contribution in [0.5, 0.6) is 0 Å². The van der Waals surface area contributed by atoms with Gasteiger partial charge in [0.15, 0.2) is 11.4 Å². The van der Waals surface area contributed by atoms with Crippen LogP contribution in [0.4, 0.5) is 0 Å². The molecule has 0 spiro atoms. The lowest BCUT2D eigenvalue weighted by atomic mass is 10.2. The van der Waals surface area contributed by atoms with Gasteiger partial charge in [0.1, 0.15) is 21.8 Å². The molecule has 146 valence electrons. The highest BCUT2D eigenvalue weighted by atomic mass is 32.1. The zero-order valence-electron chi connectivity index (χ0n) is 15.7. The average Bonchev–Trinajstić information content (AvgIpc) is 3.47. The molecule has 0 saturated heterocycles. The van der Waals surface area contributed by atoms with Crippen molar-refractivity contribution in [3.63, 3.8) is 0 Å². The van der Waals surface area contributed by atoms with Crippen molar-refractivity contribution in [1.29, 1.82) is 0 Å². The van der Waals surface area contributed by atoms with Gasteiger partial charge >= 0.3 is 5.97 Å². The van der Waals surface area contributed by atoms with Crippen molar-refractivity contribution in [3.8, 4) is 11.6 Å². The van der Waals surface area contributed by atoms with Crippen LogP contribution in [0.1, 0.15) is 27.9 Å². The average molecular weight is 408 g/mol. The summed E-state index contributed by atoms with van der Waals surface area (Å²) in [6.45, 7) is 4.50. The molecule has 29 heavy (non-hydrogen) atoms. The Morgan fingerprint density at radius 2 is 2.24 bits per heavy atom. The number of esters is 1. The number of furan rings is 1. The molecule has 5 rings (SSSR count). The molecule has 0 aliphatic heterocycles. The van der Waals surface area contributed by atoms with Crippen LogP contribution in [0.3, 0.4) is 0 Å². The lowest BCUT2D eigenvalue weighted by Gasteiger charge is -1.99. The van der Waals surface area contributed by atoms with Crippen molar-refractivity contribution in [1.82, 2.24) is 29.4 Å². The van der Waals surface area contributed by atoms with Gasteiger partial charge in [-0.2, -0.15) is 5.10 Å². The highest BCUT2D eigenvalue weighted by Crippen LogP contribution is 2.33. The smallest absolute Gasteiger partial charge is 0.348 e. The summed E-state index contributed by atoms with van der Waals surface area (Å²) in [5.41, 5.74) is 1.42. The Morgan fingerprint density at radius 3 is 3.03 bits per heavy atom. The van der Waals surface area contributed by atoms with Crippen LogP contribution in [-0.2, 0) is 11.3 Å². The first kappa shape index (κ1) is 17.6. The number of rotatable bonds is 5. The van der Waals surface area contributed by atoms with Gasteiger partial charge in [0.2, 0.25) is 5.82 Å². The number of aromatic nitrogens is 6. The highest BCUT2D eigenvalue weighted by molar-refractivity contribution is 7.20. The fourth-order valence-electron chi connectivity index (χ4n) is 3.17. The van der Waals surface area contributed by atoms with Gasteiger partial charge in [-0.1, -0.05) is 0 Å². The van der Waals surface area contributed by atoms with E-state index in [0.29, 0.717) is 35.3 Å². The molecule has 5 aromatic rings. The van der Waals surface area contributed by atoms with Crippen LogP contribution in [0.25, 0.3) is 27.4 Å². The first-order chi connectivity index (χ1) is 14.1. The summed E-state index contributed by atoms with van der Waals surface area (Å²) in [7, 11) is 0. The first-order valence-electron chi connectivity index (χ1n) is 9.02. The Hall–Kier alpha value is -3.53. The van der Waals surface area contributed by atoms with Crippen molar-refractivity contribution in [2.45, 2.75) is 20.4 Å². The molecule has 0 amide bonds. The number of hydrogen-bond acceptors (Lipinski definition) is 8. The van der Waals surface area contributed by atoms with E-state index in [0.717, 1.165) is 21.5 Å². The van der Waals surface area contributed by atoms with Gasteiger partial charge in [-0.3, -0.25) is 4.68 Å². The van der Waals surface area contributed by atoms with E-state index in [2.05, 4.69) is 20.2 Å². The third-order valence-electron chi connectivity index (χ3n) is 4.49. The molecule has 0 aliphatic rings. The molecule has 0 fully saturated rings. The SMILES string of the molecule is CCOC(=O)c1sc2ncn3nc(-c4ccc(Cn5cccn5)o4)nc3c2c1C. The molecule has 5 heterocycles. The van der Waals surface area contributed by atoms with E-state index in [1.165, 1.54) is 11.3 Å². The summed E-state index contributed by atoms with van der Waals surface area (Å²) in [6, 6.07) is 5.58. The molecule has 5 aromatic heterocycles. The molecule has 0 aliphatic carbocycles. The molecule has 0 radical (unpaired) electrons. The fraction of sp³-hybridized carbons (Fsp3) is 0.211. The Kier molecular flexibility index (Phi) is 4.13. The van der Waals surface area contributed by atoms with Crippen LogP contribution < -0.4 is 0 Å². The van der Waals surface area contributed by atoms with Gasteiger partial charge < -0.3 is 9.15 Å². The lowest BCUT2D eigenvalue weighted by Crippen LogP contribution is -2.03. The van der Waals surface area contributed by atoms with Crippen LogP contribution in [0.15, 0.2) is 41.3 Å². The standard InChI is InChI=1S/C19H16N6O3S/c1-3-27-19(26)15-11(2)14-17-22-16(23-25(17)10-20-18(14)29-15)13-6-5-12(28-13)9-24-8-4-7-21-24/h4-8,10H,3,9H2,1-2H3. The molecule has 9 nitrogen and oxygen atoms in total. The minimum absolute atomic E-state index is 0.323. The van der Waals surface area contributed by atoms with E-state index in [4.69, 9.17) is 9.15 Å². The third-order valence-corrected chi connectivity index (χ3v) is 5.67. The molecule has 0 N–H and O–H groups in total. The predicted octanol–water partition coefficient (Wildman–Crippen LogP) is 3.33. The minimum atomic E-state index is -0.347. The van der Waals surface area contributed by atoms with E-state index in [-0.39, 0.29) is 5.97 Å². The topological polar surface area (TPSA) is 100 Å². The zero-order chi connectivity index (χ0) is 20.0. The molecular weight excluding hydrogens is 392 g/mol. The number of ether oxygens (including phenoxy) is 1. The molecule has 0 aromatic carbocycles. The van der Waals surface area contributed by atoms with Gasteiger partial charge in [-0.15, -0.1) is 16.4 Å². The molecule has 0 bridgehead atoms. The zero-order valence-corrected chi connectivity index (χ0v) is 16.5. The van der Waals surface area contributed by atoms with Crippen LogP contribution >= 0.6 is 11.3 Å². The summed E-state index contributed by atoms with van der Waals surface area (Å²) < 4.78 is 14.4. The number of aryl methyl sites for hydroxylation is 1. The summed E-state index contributed by atoms with van der Waals surface area (Å²) >= 11 is 1.30. The maximum Gasteiger partial charge on any atom is 0.348 e. The monoisotopic (exact) mass is 408 g/mol. The Balaban J connectivity index is 1.56. The summed E-state index contributed by atoms with van der Waals surface area (Å²) in [4.78, 5) is 22.6.